The van der Waals surface area contributed by atoms with Crippen LogP contribution >= 0.6 is 35.7 Å². The summed E-state index contributed by atoms with van der Waals surface area (Å²) in [6, 6.07) is 7.94. The topological polar surface area (TPSA) is 47.9 Å². The van der Waals surface area contributed by atoms with E-state index in [2.05, 4.69) is 31.0 Å². The van der Waals surface area contributed by atoms with Gasteiger partial charge in [-0.25, -0.2) is 4.99 Å². The molecule has 0 spiro atoms. The van der Waals surface area contributed by atoms with Crippen molar-refractivity contribution in [2.24, 2.45) is 4.99 Å². The van der Waals surface area contributed by atoms with Gasteiger partial charge in [-0.15, -0.1) is 24.0 Å². The van der Waals surface area contributed by atoms with Gasteiger partial charge in [-0.3, -0.25) is 0 Å². The summed E-state index contributed by atoms with van der Waals surface area (Å²) in [5.74, 6) is 2.11. The lowest BCUT2D eigenvalue weighted by molar-refractivity contribution is 0.280. The van der Waals surface area contributed by atoms with Crippen LogP contribution in [-0.4, -0.2) is 46.1 Å². The van der Waals surface area contributed by atoms with Gasteiger partial charge in [-0.1, -0.05) is 24.3 Å². The third-order valence-corrected chi connectivity index (χ3v) is 5.05. The van der Waals surface area contributed by atoms with E-state index in [1.165, 1.54) is 0 Å². The molecule has 0 aliphatic carbocycles. The molecule has 1 aliphatic rings. The van der Waals surface area contributed by atoms with E-state index in [0.29, 0.717) is 6.54 Å². The summed E-state index contributed by atoms with van der Waals surface area (Å²) in [5.41, 5.74) is 2.04. The first-order chi connectivity index (χ1) is 10.6. The van der Waals surface area contributed by atoms with Crippen molar-refractivity contribution in [2.45, 2.75) is 38.7 Å². The third-order valence-electron chi connectivity index (χ3n) is 3.75. The minimum Gasteiger partial charge on any atom is -0.392 e. The molecule has 4 nitrogen and oxygen atoms in total. The van der Waals surface area contributed by atoms with Crippen LogP contribution < -0.4 is 5.32 Å². The van der Waals surface area contributed by atoms with Crippen molar-refractivity contribution in [3.63, 3.8) is 0 Å². The van der Waals surface area contributed by atoms with E-state index < -0.39 is 0 Å². The molecule has 0 amide bonds. The van der Waals surface area contributed by atoms with Crippen molar-refractivity contribution in [1.82, 2.24) is 10.2 Å². The molecule has 6 heteroatoms. The van der Waals surface area contributed by atoms with Crippen LogP contribution in [0, 0.1) is 0 Å². The zero-order chi connectivity index (χ0) is 16.0. The predicted molar refractivity (Wildman–Crippen MR) is 111 cm³/mol. The summed E-state index contributed by atoms with van der Waals surface area (Å²) >= 11 is 2.02. The summed E-state index contributed by atoms with van der Waals surface area (Å²) in [7, 11) is 0. The van der Waals surface area contributed by atoms with Crippen LogP contribution in [0.4, 0.5) is 0 Å². The van der Waals surface area contributed by atoms with E-state index in [-0.39, 0.29) is 35.3 Å². The first-order valence-electron chi connectivity index (χ1n) is 7.90. The van der Waals surface area contributed by atoms with Gasteiger partial charge in [0.2, 0.25) is 0 Å². The Hall–Kier alpha value is -0.470. The number of guanidine groups is 1. The van der Waals surface area contributed by atoms with Gasteiger partial charge in [-0.2, -0.15) is 11.8 Å². The van der Waals surface area contributed by atoms with E-state index in [1.807, 2.05) is 36.0 Å². The monoisotopic (exact) mass is 449 g/mol. The number of nitrogens with one attached hydrogen (secondary N) is 1. The fraction of sp³-hybridized carbons (Fsp3) is 0.588. The van der Waals surface area contributed by atoms with Crippen LogP contribution in [-0.2, 0) is 13.2 Å². The first-order valence-corrected chi connectivity index (χ1v) is 8.89. The summed E-state index contributed by atoms with van der Waals surface area (Å²) in [4.78, 5) is 7.14. The van der Waals surface area contributed by atoms with Crippen LogP contribution in [0.2, 0.25) is 0 Å². The van der Waals surface area contributed by atoms with Crippen molar-refractivity contribution in [3.05, 3.63) is 35.4 Å². The second kappa shape index (κ2) is 9.74. The lowest BCUT2D eigenvalue weighted by Gasteiger charge is -2.39. The number of benzene rings is 1. The standard InChI is InChI=1S/C17H27N3OS.HI/c1-4-18-16(20-9-10-22-17(2,3)13-20)19-11-14-7-5-6-8-15(14)12-21;/h5-8,21H,4,9-13H2,1-3H3,(H,18,19);1H. The number of nitrogens with zero attached hydrogens (tertiary/aromatic N) is 2. The van der Waals surface area contributed by atoms with Gasteiger partial charge in [-0.05, 0) is 31.9 Å². The highest BCUT2D eigenvalue weighted by molar-refractivity contribution is 14.0. The molecular formula is C17H28IN3OS. The fourth-order valence-corrected chi connectivity index (χ4v) is 3.76. The van der Waals surface area contributed by atoms with Gasteiger partial charge in [0, 0.05) is 30.1 Å². The maximum Gasteiger partial charge on any atom is 0.194 e. The molecule has 0 bridgehead atoms. The van der Waals surface area contributed by atoms with Crippen molar-refractivity contribution in [1.29, 1.82) is 0 Å². The fourth-order valence-electron chi connectivity index (χ4n) is 2.65. The lowest BCUT2D eigenvalue weighted by Crippen LogP contribution is -2.50. The molecule has 0 radical (unpaired) electrons. The molecule has 0 aromatic heterocycles. The number of hydrogen-bond donors (Lipinski definition) is 2. The molecule has 1 aromatic rings. The number of aliphatic hydroxyl groups is 1. The average Bonchev–Trinajstić information content (AvgIpc) is 2.50. The average molecular weight is 449 g/mol. The second-order valence-electron chi connectivity index (χ2n) is 6.13. The molecule has 1 saturated heterocycles. The summed E-state index contributed by atoms with van der Waals surface area (Å²) < 4.78 is 0.261. The van der Waals surface area contributed by atoms with Crippen molar-refractivity contribution >= 4 is 41.7 Å². The Morgan fingerprint density at radius 1 is 1.35 bits per heavy atom. The highest BCUT2D eigenvalue weighted by Gasteiger charge is 2.28. The molecule has 1 heterocycles. The number of thioether (sulfide) groups is 1. The highest BCUT2D eigenvalue weighted by atomic mass is 127. The minimum atomic E-state index is 0. The molecule has 0 saturated carbocycles. The van der Waals surface area contributed by atoms with Crippen LogP contribution in [0.3, 0.4) is 0 Å². The summed E-state index contributed by atoms with van der Waals surface area (Å²) in [6.07, 6.45) is 0. The van der Waals surface area contributed by atoms with Gasteiger partial charge in [0.25, 0.3) is 0 Å². The van der Waals surface area contributed by atoms with E-state index >= 15 is 0 Å². The number of aliphatic hydroxyl groups excluding tert-OH is 1. The van der Waals surface area contributed by atoms with Crippen LogP contribution in [0.1, 0.15) is 31.9 Å². The maximum atomic E-state index is 9.43. The molecule has 0 unspecified atom stereocenters. The lowest BCUT2D eigenvalue weighted by atomic mass is 10.1. The van der Waals surface area contributed by atoms with Crippen LogP contribution in [0.25, 0.3) is 0 Å². The minimum absolute atomic E-state index is 0. The maximum absolute atomic E-state index is 9.43. The van der Waals surface area contributed by atoms with Crippen molar-refractivity contribution in [3.8, 4) is 0 Å². The van der Waals surface area contributed by atoms with Crippen LogP contribution in [0.5, 0.6) is 0 Å². The number of rotatable bonds is 4. The summed E-state index contributed by atoms with van der Waals surface area (Å²) in [5, 5.41) is 12.8. The molecule has 2 N–H and O–H groups in total. The third kappa shape index (κ3) is 6.15. The van der Waals surface area contributed by atoms with Crippen molar-refractivity contribution < 1.29 is 5.11 Å². The smallest absolute Gasteiger partial charge is 0.194 e. The van der Waals surface area contributed by atoms with Gasteiger partial charge < -0.3 is 15.3 Å². The largest absolute Gasteiger partial charge is 0.392 e. The molecule has 1 aromatic carbocycles. The van der Waals surface area contributed by atoms with Crippen molar-refractivity contribution in [2.75, 3.05) is 25.4 Å². The molecule has 130 valence electrons. The molecule has 2 rings (SSSR count). The predicted octanol–water partition coefficient (Wildman–Crippen LogP) is 3.09. The zero-order valence-corrected chi connectivity index (χ0v) is 17.4. The molecule has 1 fully saturated rings. The molecular weight excluding hydrogens is 421 g/mol. The second-order valence-corrected chi connectivity index (χ2v) is 7.93. The first kappa shape index (κ1) is 20.6. The van der Waals surface area contributed by atoms with E-state index in [4.69, 9.17) is 4.99 Å². The Bertz CT molecular complexity index is 522. The van der Waals surface area contributed by atoms with Gasteiger partial charge in [0.15, 0.2) is 5.96 Å². The van der Waals surface area contributed by atoms with E-state index in [1.54, 1.807) is 0 Å². The summed E-state index contributed by atoms with van der Waals surface area (Å²) in [6.45, 7) is 10.2. The number of halogens is 1. The normalized spacial score (nSPS) is 17.6. The highest BCUT2D eigenvalue weighted by Crippen LogP contribution is 2.29. The van der Waals surface area contributed by atoms with E-state index in [0.717, 1.165) is 42.5 Å². The van der Waals surface area contributed by atoms with Gasteiger partial charge in [0.05, 0.1) is 13.2 Å². The van der Waals surface area contributed by atoms with Crippen LogP contribution in [0.15, 0.2) is 29.3 Å². The zero-order valence-electron chi connectivity index (χ0n) is 14.2. The Morgan fingerprint density at radius 3 is 2.65 bits per heavy atom. The molecule has 0 atom stereocenters. The molecule has 1 aliphatic heterocycles. The van der Waals surface area contributed by atoms with Gasteiger partial charge in [0.1, 0.15) is 0 Å². The number of aliphatic imine (C=N–C) groups is 1. The number of hydrogen-bond acceptors (Lipinski definition) is 3. The Morgan fingerprint density at radius 2 is 2.04 bits per heavy atom. The Labute approximate surface area is 161 Å². The SMILES string of the molecule is CCNC(=NCc1ccccc1CO)N1CCSC(C)(C)C1.I. The van der Waals surface area contributed by atoms with Gasteiger partial charge >= 0.3 is 0 Å². The molecule has 23 heavy (non-hydrogen) atoms. The Kier molecular flexibility index (Phi) is 8.71. The quantitative estimate of drug-likeness (QED) is 0.422. The Balaban J connectivity index is 0.00000264. The van der Waals surface area contributed by atoms with E-state index in [9.17, 15) is 5.11 Å².